The van der Waals surface area contributed by atoms with E-state index in [1.807, 2.05) is 18.2 Å². The minimum absolute atomic E-state index is 0.778. The third-order valence-electron chi connectivity index (χ3n) is 1.85. The van der Waals surface area contributed by atoms with Gasteiger partial charge in [-0.2, -0.15) is 0 Å². The molecule has 0 N–H and O–H groups in total. The molecule has 0 atom stereocenters. The first-order chi connectivity index (χ1) is 6.77. The number of benzene rings is 1. The number of carbonyl (C=O) groups excluding carboxylic acids is 1. The van der Waals surface area contributed by atoms with Crippen molar-refractivity contribution in [3.8, 4) is 0 Å². The predicted molar refractivity (Wildman–Crippen MR) is 65.2 cm³/mol. The summed E-state index contributed by atoms with van der Waals surface area (Å²) in [5.41, 5.74) is 0.778. The smallest absolute Gasteiger partial charge is 0.151 e. The fourth-order valence-corrected chi connectivity index (χ4v) is 2.54. The summed E-state index contributed by atoms with van der Waals surface area (Å²) in [6, 6.07) is 5.83. The quantitative estimate of drug-likeness (QED) is 0.455. The Bertz CT molecular complexity index is 312. The number of carbonyl (C=O) groups is 1. The molecule has 0 aliphatic carbocycles. The topological polar surface area (TPSA) is 17.1 Å². The van der Waals surface area contributed by atoms with Crippen molar-refractivity contribution in [3.05, 3.63) is 28.2 Å². The highest BCUT2D eigenvalue weighted by atomic mass is 79.9. The van der Waals surface area contributed by atoms with Crippen LogP contribution in [0.15, 0.2) is 27.6 Å². The van der Waals surface area contributed by atoms with Gasteiger partial charge in [0, 0.05) is 14.9 Å². The Morgan fingerprint density at radius 2 is 2.29 bits per heavy atom. The van der Waals surface area contributed by atoms with Gasteiger partial charge in [-0.15, -0.1) is 11.8 Å². The fourth-order valence-electron chi connectivity index (χ4n) is 1.07. The SMILES string of the molecule is CCCCSc1ccc(Br)cc1C=O. The van der Waals surface area contributed by atoms with Crippen molar-refractivity contribution in [2.75, 3.05) is 5.75 Å². The molecule has 1 nitrogen and oxygen atoms in total. The first-order valence-corrected chi connectivity index (χ1v) is 6.43. The van der Waals surface area contributed by atoms with Crippen LogP contribution in [0.2, 0.25) is 0 Å². The highest BCUT2D eigenvalue weighted by Crippen LogP contribution is 2.25. The zero-order valence-electron chi connectivity index (χ0n) is 8.13. The molecule has 0 aliphatic rings. The number of halogens is 1. The third-order valence-corrected chi connectivity index (χ3v) is 3.52. The second kappa shape index (κ2) is 6.25. The molecule has 0 spiro atoms. The van der Waals surface area contributed by atoms with Gasteiger partial charge in [-0.1, -0.05) is 29.3 Å². The minimum atomic E-state index is 0.778. The van der Waals surface area contributed by atoms with Gasteiger partial charge in [0.05, 0.1) is 0 Å². The Morgan fingerprint density at radius 1 is 1.50 bits per heavy atom. The second-order valence-electron chi connectivity index (χ2n) is 3.00. The van der Waals surface area contributed by atoms with Crippen LogP contribution in [0.25, 0.3) is 0 Å². The van der Waals surface area contributed by atoms with Crippen LogP contribution >= 0.6 is 27.7 Å². The van der Waals surface area contributed by atoms with Crippen LogP contribution in [-0.4, -0.2) is 12.0 Å². The van der Waals surface area contributed by atoms with E-state index in [1.165, 1.54) is 12.8 Å². The van der Waals surface area contributed by atoms with Crippen molar-refractivity contribution in [3.63, 3.8) is 0 Å². The molecule has 0 amide bonds. The van der Waals surface area contributed by atoms with Crippen molar-refractivity contribution in [1.29, 1.82) is 0 Å². The van der Waals surface area contributed by atoms with Gasteiger partial charge in [-0.25, -0.2) is 0 Å². The highest BCUT2D eigenvalue weighted by Gasteiger charge is 2.02. The Kier molecular flexibility index (Phi) is 5.26. The Labute approximate surface area is 97.4 Å². The van der Waals surface area contributed by atoms with Crippen LogP contribution in [0.1, 0.15) is 30.1 Å². The summed E-state index contributed by atoms with van der Waals surface area (Å²) in [5.74, 6) is 1.08. The summed E-state index contributed by atoms with van der Waals surface area (Å²) in [4.78, 5) is 11.9. The van der Waals surface area contributed by atoms with Crippen LogP contribution in [0, 0.1) is 0 Å². The lowest BCUT2D eigenvalue weighted by atomic mass is 10.2. The molecule has 1 aromatic rings. The van der Waals surface area contributed by atoms with Crippen LogP contribution < -0.4 is 0 Å². The third kappa shape index (κ3) is 3.46. The van der Waals surface area contributed by atoms with Gasteiger partial charge in [0.2, 0.25) is 0 Å². The molecule has 0 saturated carbocycles. The average Bonchev–Trinajstić information content (AvgIpc) is 2.20. The summed E-state index contributed by atoms with van der Waals surface area (Å²) < 4.78 is 0.958. The second-order valence-corrected chi connectivity index (χ2v) is 5.05. The Morgan fingerprint density at radius 3 is 2.93 bits per heavy atom. The van der Waals surface area contributed by atoms with Crippen molar-refractivity contribution in [1.82, 2.24) is 0 Å². The lowest BCUT2D eigenvalue weighted by molar-refractivity contribution is 0.112. The van der Waals surface area contributed by atoms with E-state index in [0.717, 1.165) is 27.0 Å². The van der Waals surface area contributed by atoms with Crippen molar-refractivity contribution < 1.29 is 4.79 Å². The van der Waals surface area contributed by atoms with Gasteiger partial charge in [0.1, 0.15) is 0 Å². The van der Waals surface area contributed by atoms with E-state index in [9.17, 15) is 4.79 Å². The molecule has 0 fully saturated rings. The van der Waals surface area contributed by atoms with E-state index >= 15 is 0 Å². The Hall–Kier alpha value is -0.280. The number of unbranched alkanes of at least 4 members (excludes halogenated alkanes) is 1. The van der Waals surface area contributed by atoms with Crippen LogP contribution in [0.5, 0.6) is 0 Å². The van der Waals surface area contributed by atoms with E-state index in [-0.39, 0.29) is 0 Å². The number of rotatable bonds is 5. The summed E-state index contributed by atoms with van der Waals surface area (Å²) in [7, 11) is 0. The first-order valence-electron chi connectivity index (χ1n) is 4.65. The van der Waals surface area contributed by atoms with E-state index in [0.29, 0.717) is 0 Å². The highest BCUT2D eigenvalue weighted by molar-refractivity contribution is 9.10. The molecule has 0 saturated heterocycles. The molecule has 0 radical (unpaired) electrons. The van der Waals surface area contributed by atoms with Gasteiger partial charge in [0.15, 0.2) is 6.29 Å². The summed E-state index contributed by atoms with van der Waals surface area (Å²) in [6.07, 6.45) is 3.30. The molecule has 76 valence electrons. The van der Waals surface area contributed by atoms with E-state index in [1.54, 1.807) is 11.8 Å². The van der Waals surface area contributed by atoms with Gasteiger partial charge in [0.25, 0.3) is 0 Å². The average molecular weight is 273 g/mol. The van der Waals surface area contributed by atoms with Gasteiger partial charge >= 0.3 is 0 Å². The first kappa shape index (κ1) is 11.8. The predicted octanol–water partition coefficient (Wildman–Crippen LogP) is 4.15. The maximum Gasteiger partial charge on any atom is 0.151 e. The number of hydrogen-bond donors (Lipinski definition) is 0. The monoisotopic (exact) mass is 272 g/mol. The zero-order chi connectivity index (χ0) is 10.4. The number of hydrogen-bond acceptors (Lipinski definition) is 2. The van der Waals surface area contributed by atoms with Crippen LogP contribution in [0.4, 0.5) is 0 Å². The molecule has 14 heavy (non-hydrogen) atoms. The summed E-state index contributed by atoms with van der Waals surface area (Å²) >= 11 is 5.10. The molecule has 0 aromatic heterocycles. The minimum Gasteiger partial charge on any atom is -0.298 e. The molecule has 0 heterocycles. The molecule has 1 aromatic carbocycles. The van der Waals surface area contributed by atoms with Gasteiger partial charge in [-0.05, 0) is 30.4 Å². The van der Waals surface area contributed by atoms with E-state index in [2.05, 4.69) is 22.9 Å². The van der Waals surface area contributed by atoms with Crippen molar-refractivity contribution in [2.45, 2.75) is 24.7 Å². The largest absolute Gasteiger partial charge is 0.298 e. The summed E-state index contributed by atoms with van der Waals surface area (Å²) in [5, 5.41) is 0. The normalized spacial score (nSPS) is 10.1. The number of thioether (sulfide) groups is 1. The van der Waals surface area contributed by atoms with Gasteiger partial charge in [-0.3, -0.25) is 4.79 Å². The molecule has 0 aliphatic heterocycles. The maximum absolute atomic E-state index is 10.8. The van der Waals surface area contributed by atoms with Crippen molar-refractivity contribution in [2.24, 2.45) is 0 Å². The molecule has 0 unspecified atom stereocenters. The van der Waals surface area contributed by atoms with Crippen molar-refractivity contribution >= 4 is 34.0 Å². The molecule has 3 heteroatoms. The molecular weight excluding hydrogens is 260 g/mol. The van der Waals surface area contributed by atoms with Crippen LogP contribution in [0.3, 0.4) is 0 Å². The zero-order valence-corrected chi connectivity index (χ0v) is 10.5. The lowest BCUT2D eigenvalue weighted by Crippen LogP contribution is -1.86. The van der Waals surface area contributed by atoms with Crippen LogP contribution in [-0.2, 0) is 0 Å². The Balaban J connectivity index is 2.70. The fraction of sp³-hybridized carbons (Fsp3) is 0.364. The molecular formula is C11H13BrOS. The van der Waals surface area contributed by atoms with E-state index < -0.39 is 0 Å². The summed E-state index contributed by atoms with van der Waals surface area (Å²) in [6.45, 7) is 2.17. The molecule has 1 rings (SSSR count). The van der Waals surface area contributed by atoms with Gasteiger partial charge < -0.3 is 0 Å². The van der Waals surface area contributed by atoms with E-state index in [4.69, 9.17) is 0 Å². The maximum atomic E-state index is 10.8. The molecule has 0 bridgehead atoms. The lowest BCUT2D eigenvalue weighted by Gasteiger charge is -2.04. The number of aldehydes is 1. The standard InChI is InChI=1S/C11H13BrOS/c1-2-3-6-14-11-5-4-10(12)7-9(11)8-13/h4-5,7-8H,2-3,6H2,1H3.